The molecule has 5 aromatic carbocycles. The Morgan fingerprint density at radius 2 is 1.61 bits per heavy atom. The Kier molecular flexibility index (Phi) is 9.77. The zero-order valence-corrected chi connectivity index (χ0v) is 26.3. The number of aryl methyl sites for hydroxylation is 1. The number of halogens is 1. The molecule has 0 heterocycles. The monoisotopic (exact) mass is 629 g/mol. The fourth-order valence-corrected chi connectivity index (χ4v) is 6.11. The molecule has 0 spiro atoms. The largest absolute Gasteiger partial charge is 0.455 e. The number of nitrogens with one attached hydrogen (secondary N) is 1. The van der Waals surface area contributed by atoms with Crippen LogP contribution in [0.4, 0.5) is 5.69 Å². The van der Waals surface area contributed by atoms with Gasteiger partial charge in [0.05, 0.1) is 11.7 Å². The number of carbonyl (C=O) groups excluding carboxylic acids is 2. The van der Waals surface area contributed by atoms with Gasteiger partial charge in [-0.15, -0.1) is 0 Å². The van der Waals surface area contributed by atoms with Crippen molar-refractivity contribution in [1.82, 2.24) is 5.32 Å². The van der Waals surface area contributed by atoms with Crippen molar-refractivity contribution in [3.63, 3.8) is 0 Å². The highest BCUT2D eigenvalue weighted by molar-refractivity contribution is 6.30. The number of nitrogens with zero attached hydrogens (tertiary/aromatic N) is 1. The maximum absolute atomic E-state index is 14.2. The Balaban J connectivity index is 1.24. The molecule has 46 heavy (non-hydrogen) atoms. The summed E-state index contributed by atoms with van der Waals surface area (Å²) in [4.78, 5) is 29.0. The van der Waals surface area contributed by atoms with Crippen LogP contribution >= 0.6 is 11.6 Å². The van der Waals surface area contributed by atoms with Gasteiger partial charge in [0.25, 0.3) is 5.91 Å². The molecule has 1 atom stereocenters. The number of carbonyl (C=O) groups is 2. The molecule has 2 amide bonds. The van der Waals surface area contributed by atoms with E-state index >= 15 is 0 Å². The van der Waals surface area contributed by atoms with E-state index in [1.807, 2.05) is 91.0 Å². The van der Waals surface area contributed by atoms with Crippen molar-refractivity contribution in [3.8, 4) is 22.6 Å². The third kappa shape index (κ3) is 7.31. The topological polar surface area (TPSA) is 84.7 Å². The van der Waals surface area contributed by atoms with E-state index in [1.165, 1.54) is 11.1 Å². The Labute approximate surface area is 274 Å². The molecule has 0 bridgehead atoms. The Morgan fingerprint density at radius 3 is 2.41 bits per heavy atom. The fraction of sp³-hybridized carbons (Fsp3) is 0.179. The number of hydrogen-bond acceptors (Lipinski definition) is 4. The Morgan fingerprint density at radius 1 is 0.848 bits per heavy atom. The molecule has 6 nitrogen and oxygen atoms in total. The number of ether oxygens (including phenoxy) is 1. The molecule has 0 fully saturated rings. The lowest BCUT2D eigenvalue weighted by atomic mass is 10.0. The molecule has 0 aliphatic heterocycles. The van der Waals surface area contributed by atoms with Gasteiger partial charge in [-0.3, -0.25) is 9.59 Å². The fourth-order valence-electron chi connectivity index (χ4n) is 5.95. The van der Waals surface area contributed by atoms with E-state index in [9.17, 15) is 9.59 Å². The van der Waals surface area contributed by atoms with Crippen molar-refractivity contribution < 1.29 is 14.3 Å². The molecule has 7 heteroatoms. The molecule has 0 aromatic heterocycles. The van der Waals surface area contributed by atoms with Gasteiger partial charge in [-0.2, -0.15) is 0 Å². The Bertz CT molecular complexity index is 1820. The van der Waals surface area contributed by atoms with E-state index in [0.717, 1.165) is 29.5 Å². The van der Waals surface area contributed by atoms with Crippen LogP contribution in [-0.4, -0.2) is 18.4 Å². The molecular weight excluding hydrogens is 594 g/mol. The zero-order chi connectivity index (χ0) is 31.9. The minimum absolute atomic E-state index is 0.0186. The molecular formula is C39H36ClN3O3. The molecule has 6 rings (SSSR count). The quantitative estimate of drug-likeness (QED) is 0.153. The lowest BCUT2D eigenvalue weighted by Crippen LogP contribution is -2.33. The third-order valence-electron chi connectivity index (χ3n) is 8.31. The smallest absolute Gasteiger partial charge is 0.258 e. The first-order valence-corrected chi connectivity index (χ1v) is 16.0. The molecule has 0 saturated carbocycles. The molecule has 232 valence electrons. The van der Waals surface area contributed by atoms with Crippen LogP contribution in [0.5, 0.6) is 11.5 Å². The molecule has 1 aliphatic rings. The van der Waals surface area contributed by atoms with Crippen LogP contribution in [0.2, 0.25) is 5.02 Å². The first-order chi connectivity index (χ1) is 22.5. The van der Waals surface area contributed by atoms with E-state index in [-0.39, 0.29) is 24.3 Å². The highest BCUT2D eigenvalue weighted by atomic mass is 35.5. The number of anilines is 1. The number of hydrogen-bond donors (Lipinski definition) is 2. The van der Waals surface area contributed by atoms with E-state index in [0.29, 0.717) is 47.3 Å². The van der Waals surface area contributed by atoms with Gasteiger partial charge in [0, 0.05) is 36.2 Å². The minimum Gasteiger partial charge on any atom is -0.455 e. The van der Waals surface area contributed by atoms with Gasteiger partial charge < -0.3 is 20.7 Å². The Hall–Kier alpha value is -4.91. The predicted molar refractivity (Wildman–Crippen MR) is 184 cm³/mol. The molecule has 0 radical (unpaired) electrons. The van der Waals surface area contributed by atoms with Gasteiger partial charge in [-0.1, -0.05) is 90.5 Å². The minimum atomic E-state index is -0.201. The summed E-state index contributed by atoms with van der Waals surface area (Å²) in [5.74, 6) is 0.783. The second kappa shape index (κ2) is 14.5. The number of amides is 2. The number of nitrogens with two attached hydrogens (primary N) is 1. The molecule has 1 unspecified atom stereocenters. The predicted octanol–water partition coefficient (Wildman–Crippen LogP) is 8.49. The van der Waals surface area contributed by atoms with Gasteiger partial charge in [-0.25, -0.2) is 0 Å². The van der Waals surface area contributed by atoms with Gasteiger partial charge in [-0.05, 0) is 83.5 Å². The summed E-state index contributed by atoms with van der Waals surface area (Å²) >= 11 is 6.42. The number of benzene rings is 5. The van der Waals surface area contributed by atoms with Crippen molar-refractivity contribution in [2.45, 2.75) is 38.3 Å². The molecule has 5 aromatic rings. The second-order valence-electron chi connectivity index (χ2n) is 11.4. The highest BCUT2D eigenvalue weighted by Gasteiger charge is 2.25. The van der Waals surface area contributed by atoms with E-state index in [2.05, 4.69) is 17.4 Å². The van der Waals surface area contributed by atoms with Crippen molar-refractivity contribution in [2.24, 2.45) is 5.73 Å². The summed E-state index contributed by atoms with van der Waals surface area (Å²) < 4.78 is 6.31. The maximum atomic E-state index is 14.2. The van der Waals surface area contributed by atoms with Gasteiger partial charge in [0.2, 0.25) is 5.91 Å². The summed E-state index contributed by atoms with van der Waals surface area (Å²) in [5.41, 5.74) is 12.4. The van der Waals surface area contributed by atoms with Crippen LogP contribution in [0.1, 0.15) is 52.4 Å². The molecule has 0 saturated heterocycles. The summed E-state index contributed by atoms with van der Waals surface area (Å²) in [5, 5.41) is 3.68. The van der Waals surface area contributed by atoms with Crippen molar-refractivity contribution >= 4 is 29.1 Å². The average Bonchev–Trinajstić information content (AvgIpc) is 3.50. The summed E-state index contributed by atoms with van der Waals surface area (Å²) in [7, 11) is 0. The normalized spacial score (nSPS) is 13.6. The summed E-state index contributed by atoms with van der Waals surface area (Å²) in [6.45, 7) is 0.673. The molecule has 3 N–H and O–H groups in total. The van der Waals surface area contributed by atoms with Crippen molar-refractivity contribution in [3.05, 3.63) is 149 Å². The van der Waals surface area contributed by atoms with Crippen LogP contribution in [0, 0.1) is 0 Å². The van der Waals surface area contributed by atoms with Crippen LogP contribution in [0.15, 0.2) is 121 Å². The SMILES string of the molecule is NCc1cccc(Oc2cc(Cl)ccc2N(CCCC(=O)NC2CCc3ccccc32)C(=O)c2ccc(-c3ccccc3)cc2)c1. The van der Waals surface area contributed by atoms with Crippen LogP contribution in [0.3, 0.4) is 0 Å². The standard InChI is InChI=1S/C39H36ClN3O3/c40-32-20-22-36(37(25-32)46-33-12-6-8-27(24-33)26-41)43(39(45)31-17-15-29(16-18-31)28-9-2-1-3-10-28)23-7-14-38(44)42-35-21-19-30-11-4-5-13-34(30)35/h1-6,8-13,15-18,20,22,24-25,35H,7,14,19,21,23,26,41H2,(H,42,44). The first-order valence-electron chi connectivity index (χ1n) is 15.6. The van der Waals surface area contributed by atoms with Crippen LogP contribution < -0.4 is 20.7 Å². The zero-order valence-electron chi connectivity index (χ0n) is 25.5. The average molecular weight is 630 g/mol. The maximum Gasteiger partial charge on any atom is 0.258 e. The number of fused-ring (bicyclic) bond motifs is 1. The number of rotatable bonds is 11. The molecule has 1 aliphatic carbocycles. The van der Waals surface area contributed by atoms with Gasteiger partial charge in [0.15, 0.2) is 5.75 Å². The van der Waals surface area contributed by atoms with E-state index < -0.39 is 0 Å². The van der Waals surface area contributed by atoms with E-state index in [4.69, 9.17) is 22.1 Å². The van der Waals surface area contributed by atoms with Crippen LogP contribution in [0.25, 0.3) is 11.1 Å². The lowest BCUT2D eigenvalue weighted by molar-refractivity contribution is -0.121. The van der Waals surface area contributed by atoms with Gasteiger partial charge in [0.1, 0.15) is 5.75 Å². The van der Waals surface area contributed by atoms with Crippen molar-refractivity contribution in [2.75, 3.05) is 11.4 Å². The summed E-state index contributed by atoms with van der Waals surface area (Å²) in [6, 6.07) is 38.6. The first kappa shape index (κ1) is 31.1. The lowest BCUT2D eigenvalue weighted by Gasteiger charge is -2.26. The second-order valence-corrected chi connectivity index (χ2v) is 11.9. The summed E-state index contributed by atoms with van der Waals surface area (Å²) in [6.07, 6.45) is 2.59. The van der Waals surface area contributed by atoms with E-state index in [1.54, 1.807) is 23.1 Å². The van der Waals surface area contributed by atoms with Crippen LogP contribution in [-0.2, 0) is 17.8 Å². The van der Waals surface area contributed by atoms with Gasteiger partial charge >= 0.3 is 0 Å². The third-order valence-corrected chi connectivity index (χ3v) is 8.55. The van der Waals surface area contributed by atoms with Crippen molar-refractivity contribution in [1.29, 1.82) is 0 Å². The highest BCUT2D eigenvalue weighted by Crippen LogP contribution is 2.37.